The van der Waals surface area contributed by atoms with Crippen LogP contribution in [0.25, 0.3) is 21.5 Å². The predicted molar refractivity (Wildman–Crippen MR) is 178 cm³/mol. The molecule has 0 saturated carbocycles. The maximum atomic E-state index is 13.7. The first-order valence-corrected chi connectivity index (χ1v) is 15.5. The number of likely N-dealkylation sites (N-methyl/N-ethyl adjacent to an activating group) is 1. The van der Waals surface area contributed by atoms with Gasteiger partial charge in [-0.2, -0.15) is 0 Å². The minimum Gasteiger partial charge on any atom is -0.459 e. The van der Waals surface area contributed by atoms with Crippen LogP contribution in [-0.4, -0.2) is 58.1 Å². The summed E-state index contributed by atoms with van der Waals surface area (Å²) in [7, 11) is 1.48. The Hall–Kier alpha value is -4.91. The summed E-state index contributed by atoms with van der Waals surface area (Å²) < 4.78 is 6.59. The third-order valence-corrected chi connectivity index (χ3v) is 7.75. The summed E-state index contributed by atoms with van der Waals surface area (Å²) >= 11 is 0. The molecular weight excluding hydrogens is 606 g/mol. The molecule has 0 radical (unpaired) electrons. The van der Waals surface area contributed by atoms with Gasteiger partial charge in [-0.3, -0.25) is 48.4 Å². The van der Waals surface area contributed by atoms with E-state index in [0.717, 1.165) is 10.1 Å². The minimum absolute atomic E-state index is 0.00297. The highest BCUT2D eigenvalue weighted by Gasteiger charge is 2.32. The number of amides is 2. The standard InChI is InChI=1S/C34H41N5O8/c1-18(2)14-25(30(43)37-26(29(42)35-6)15-19-10-8-7-9-11-19)36-24(33(46)47-34(3,4)5)12-13-39-31(44)22-16-20-21(17-23(22)32(39)45)28(41)38-27(20)40/h7-11,16-18,24-26,36H,12-15H2,1-6H3,(H,35,42)(H,37,43)(H,38,40,41)/t24-,25+,26+/m1/s1. The van der Waals surface area contributed by atoms with Gasteiger partial charge >= 0.3 is 5.97 Å². The van der Waals surface area contributed by atoms with E-state index in [-0.39, 0.29) is 52.8 Å². The molecule has 0 aliphatic rings. The molecule has 0 fully saturated rings. The number of hydrogen-bond acceptors (Lipinski definition) is 9. The minimum atomic E-state index is -1.13. The topological polar surface area (TPSA) is 186 Å². The first kappa shape index (κ1) is 35.0. The monoisotopic (exact) mass is 647 g/mol. The van der Waals surface area contributed by atoms with E-state index in [0.29, 0.717) is 6.42 Å². The molecule has 2 amide bonds. The molecule has 0 spiro atoms. The molecule has 13 heteroatoms. The molecule has 0 bridgehead atoms. The van der Waals surface area contributed by atoms with Crippen molar-refractivity contribution in [2.75, 3.05) is 7.05 Å². The van der Waals surface area contributed by atoms with Gasteiger partial charge in [-0.05, 0) is 57.2 Å². The van der Waals surface area contributed by atoms with Crippen LogP contribution in [0.3, 0.4) is 0 Å². The Bertz CT molecular complexity index is 1900. The van der Waals surface area contributed by atoms with Gasteiger partial charge in [-0.25, -0.2) is 0 Å². The number of esters is 1. The van der Waals surface area contributed by atoms with E-state index < -0.39 is 57.8 Å². The van der Waals surface area contributed by atoms with E-state index in [4.69, 9.17) is 4.74 Å². The number of carbonyl (C=O) groups excluding carboxylic acids is 3. The number of H-pyrrole nitrogens is 1. The zero-order chi connectivity index (χ0) is 34.6. The van der Waals surface area contributed by atoms with E-state index in [1.54, 1.807) is 20.8 Å². The fourth-order valence-electron chi connectivity index (χ4n) is 5.52. The molecule has 2 aromatic heterocycles. The molecule has 4 rings (SSSR count). The molecule has 0 unspecified atom stereocenters. The number of fused-ring (bicyclic) bond motifs is 2. The lowest BCUT2D eigenvalue weighted by atomic mass is 9.99. The molecule has 4 aromatic rings. The lowest BCUT2D eigenvalue weighted by Crippen LogP contribution is -2.57. The SMILES string of the molecule is CNC(=O)[C@H](Cc1ccccc1)NC(=O)[C@H](CC(C)C)N[C@H](CCn1c(=O)c2cc3c(=O)[nH]c(=O)c3cc2c1=O)C(=O)OC(C)(C)C. The highest BCUT2D eigenvalue weighted by Crippen LogP contribution is 2.16. The van der Waals surface area contributed by atoms with Gasteiger partial charge in [0.05, 0.1) is 27.6 Å². The van der Waals surface area contributed by atoms with Crippen LogP contribution in [0.15, 0.2) is 61.6 Å². The highest BCUT2D eigenvalue weighted by atomic mass is 16.6. The van der Waals surface area contributed by atoms with Crippen molar-refractivity contribution in [3.05, 3.63) is 89.4 Å². The second-order valence-corrected chi connectivity index (χ2v) is 13.1. The Morgan fingerprint density at radius 1 is 0.830 bits per heavy atom. The summed E-state index contributed by atoms with van der Waals surface area (Å²) in [6.07, 6.45) is 0.433. The highest BCUT2D eigenvalue weighted by molar-refractivity contribution is 5.97. The van der Waals surface area contributed by atoms with Gasteiger partial charge < -0.3 is 15.4 Å². The molecule has 2 heterocycles. The maximum absolute atomic E-state index is 13.7. The van der Waals surface area contributed by atoms with Gasteiger partial charge in [0.1, 0.15) is 17.7 Å². The summed E-state index contributed by atoms with van der Waals surface area (Å²) in [4.78, 5) is 93.0. The van der Waals surface area contributed by atoms with Crippen LogP contribution in [0.2, 0.25) is 0 Å². The Morgan fingerprint density at radius 3 is 1.91 bits per heavy atom. The number of hydrogen-bond donors (Lipinski definition) is 4. The molecule has 13 nitrogen and oxygen atoms in total. The van der Waals surface area contributed by atoms with Crippen LogP contribution in [0.4, 0.5) is 0 Å². The Morgan fingerprint density at radius 2 is 1.40 bits per heavy atom. The largest absolute Gasteiger partial charge is 0.459 e. The molecule has 3 atom stereocenters. The van der Waals surface area contributed by atoms with E-state index in [2.05, 4.69) is 20.9 Å². The summed E-state index contributed by atoms with van der Waals surface area (Å²) in [6, 6.07) is 8.74. The summed E-state index contributed by atoms with van der Waals surface area (Å²) in [5.41, 5.74) is -2.69. The number of nitrogens with zero attached hydrogens (tertiary/aromatic N) is 1. The van der Waals surface area contributed by atoms with Gasteiger partial charge in [-0.1, -0.05) is 44.2 Å². The smallest absolute Gasteiger partial charge is 0.323 e. The first-order chi connectivity index (χ1) is 22.1. The van der Waals surface area contributed by atoms with Crippen LogP contribution < -0.4 is 38.2 Å². The molecule has 2 aromatic carbocycles. The first-order valence-electron chi connectivity index (χ1n) is 15.5. The zero-order valence-electron chi connectivity index (χ0n) is 27.4. The quantitative estimate of drug-likeness (QED) is 0.154. The number of aromatic amines is 1. The number of ether oxygens (including phenoxy) is 1. The van der Waals surface area contributed by atoms with Crippen LogP contribution >= 0.6 is 0 Å². The van der Waals surface area contributed by atoms with Gasteiger partial charge in [0.25, 0.3) is 22.2 Å². The van der Waals surface area contributed by atoms with Gasteiger partial charge in [0.2, 0.25) is 11.8 Å². The number of carbonyl (C=O) groups is 3. The molecular formula is C34H41N5O8. The number of rotatable bonds is 13. The second-order valence-electron chi connectivity index (χ2n) is 13.1. The van der Waals surface area contributed by atoms with Crippen molar-refractivity contribution < 1.29 is 19.1 Å². The van der Waals surface area contributed by atoms with Crippen molar-refractivity contribution in [2.24, 2.45) is 5.92 Å². The third-order valence-electron chi connectivity index (χ3n) is 7.75. The average Bonchev–Trinajstić information content (AvgIpc) is 3.41. The van der Waals surface area contributed by atoms with Gasteiger partial charge in [0.15, 0.2) is 0 Å². The summed E-state index contributed by atoms with van der Waals surface area (Å²) in [6.45, 7) is 8.67. The average molecular weight is 648 g/mol. The van der Waals surface area contributed by atoms with Crippen molar-refractivity contribution in [3.63, 3.8) is 0 Å². The van der Waals surface area contributed by atoms with Crippen molar-refractivity contribution in [3.8, 4) is 0 Å². The fraction of sp³-hybridized carbons (Fsp3) is 0.441. The number of aromatic nitrogens is 2. The van der Waals surface area contributed by atoms with Crippen LogP contribution in [0, 0.1) is 5.92 Å². The zero-order valence-corrected chi connectivity index (χ0v) is 27.4. The maximum Gasteiger partial charge on any atom is 0.323 e. The van der Waals surface area contributed by atoms with Crippen LogP contribution in [0.5, 0.6) is 0 Å². The number of nitrogens with one attached hydrogen (secondary N) is 4. The van der Waals surface area contributed by atoms with E-state index in [1.807, 2.05) is 44.2 Å². The molecule has 0 saturated heterocycles. The van der Waals surface area contributed by atoms with Gasteiger partial charge in [-0.15, -0.1) is 0 Å². The summed E-state index contributed by atoms with van der Waals surface area (Å²) in [5, 5.41) is 8.48. The molecule has 0 aliphatic carbocycles. The Labute approximate surface area is 270 Å². The second kappa shape index (κ2) is 14.2. The lowest BCUT2D eigenvalue weighted by Gasteiger charge is -2.29. The van der Waals surface area contributed by atoms with E-state index in [9.17, 15) is 33.6 Å². The molecule has 4 N–H and O–H groups in total. The Kier molecular flexibility index (Phi) is 10.6. The lowest BCUT2D eigenvalue weighted by molar-refractivity contribution is -0.158. The van der Waals surface area contributed by atoms with Crippen molar-refractivity contribution in [1.82, 2.24) is 25.5 Å². The molecule has 0 aliphatic heterocycles. The van der Waals surface area contributed by atoms with Crippen LogP contribution in [-0.2, 0) is 32.1 Å². The van der Waals surface area contributed by atoms with Gasteiger partial charge in [0, 0.05) is 20.0 Å². The number of benzene rings is 2. The predicted octanol–water partition coefficient (Wildman–Crippen LogP) is 1.02. The summed E-state index contributed by atoms with van der Waals surface area (Å²) in [5.74, 6) is -1.58. The Balaban J connectivity index is 1.63. The van der Waals surface area contributed by atoms with E-state index in [1.165, 1.54) is 19.2 Å². The molecule has 47 heavy (non-hydrogen) atoms. The van der Waals surface area contributed by atoms with Crippen molar-refractivity contribution >= 4 is 39.3 Å². The fourth-order valence-corrected chi connectivity index (χ4v) is 5.52. The molecule has 250 valence electrons. The normalized spacial score (nSPS) is 13.9. The van der Waals surface area contributed by atoms with Crippen LogP contribution in [0.1, 0.15) is 53.0 Å². The third kappa shape index (κ3) is 8.28. The van der Waals surface area contributed by atoms with Crippen molar-refractivity contribution in [1.29, 1.82) is 0 Å². The van der Waals surface area contributed by atoms with Crippen molar-refractivity contribution in [2.45, 2.75) is 84.2 Å². The van der Waals surface area contributed by atoms with E-state index >= 15 is 0 Å².